The monoisotopic (exact) mass is 316 g/mol. The van der Waals surface area contributed by atoms with Crippen molar-refractivity contribution >= 4 is 11.4 Å². The van der Waals surface area contributed by atoms with Crippen LogP contribution >= 0.6 is 0 Å². The van der Waals surface area contributed by atoms with E-state index in [0.717, 1.165) is 6.07 Å². The fourth-order valence-electron chi connectivity index (χ4n) is 1.91. The summed E-state index contributed by atoms with van der Waals surface area (Å²) in [5.41, 5.74) is 11.7. The molecule has 0 amide bonds. The molecule has 0 radical (unpaired) electrons. The maximum Gasteiger partial charge on any atom is 0.573 e. The van der Waals surface area contributed by atoms with E-state index in [1.165, 1.54) is 30.3 Å². The lowest BCUT2D eigenvalue weighted by molar-refractivity contribution is -0.274. The summed E-state index contributed by atoms with van der Waals surface area (Å²) in [6.45, 7) is -1.15. The summed E-state index contributed by atoms with van der Waals surface area (Å²) in [7, 11) is 0. The Hall–Kier alpha value is -2.64. The summed E-state index contributed by atoms with van der Waals surface area (Å²) in [4.78, 5) is 0. The van der Waals surface area contributed by atoms with Crippen molar-refractivity contribution in [2.45, 2.75) is 6.36 Å². The molecule has 4 nitrogen and oxygen atoms in total. The fraction of sp³-hybridized carbons (Fsp3) is 0.143. The van der Waals surface area contributed by atoms with Gasteiger partial charge in [0.05, 0.1) is 0 Å². The van der Waals surface area contributed by atoms with Crippen LogP contribution in [-0.2, 0) is 0 Å². The molecule has 22 heavy (non-hydrogen) atoms. The molecule has 8 heteroatoms. The van der Waals surface area contributed by atoms with E-state index in [2.05, 4.69) is 4.74 Å². The van der Waals surface area contributed by atoms with Crippen LogP contribution in [0.15, 0.2) is 36.4 Å². The van der Waals surface area contributed by atoms with Gasteiger partial charge in [0.1, 0.15) is 11.5 Å². The minimum atomic E-state index is -4.89. The van der Waals surface area contributed by atoms with Crippen molar-refractivity contribution < 1.29 is 27.0 Å². The zero-order chi connectivity index (χ0) is 16.3. The maximum absolute atomic E-state index is 12.5. The van der Waals surface area contributed by atoms with Crippen molar-refractivity contribution in [2.75, 3.05) is 18.3 Å². The van der Waals surface area contributed by atoms with Gasteiger partial charge in [-0.15, -0.1) is 13.2 Å². The molecule has 0 saturated heterocycles. The number of hydrogen-bond acceptors (Lipinski definition) is 4. The van der Waals surface area contributed by atoms with Crippen molar-refractivity contribution in [1.29, 1.82) is 0 Å². The van der Waals surface area contributed by atoms with Crippen LogP contribution in [0, 0.1) is 0 Å². The highest BCUT2D eigenvalue weighted by Crippen LogP contribution is 2.40. The summed E-state index contributed by atoms with van der Waals surface area (Å²) in [6.07, 6.45) is -4.89. The molecule has 0 aliphatic carbocycles. The van der Waals surface area contributed by atoms with E-state index in [-0.39, 0.29) is 28.3 Å². The van der Waals surface area contributed by atoms with Crippen molar-refractivity contribution in [3.05, 3.63) is 36.4 Å². The molecule has 2 aromatic rings. The Kier molecular flexibility index (Phi) is 4.30. The van der Waals surface area contributed by atoms with Gasteiger partial charge in [-0.3, -0.25) is 0 Å². The summed E-state index contributed by atoms with van der Waals surface area (Å²) < 4.78 is 58.7. The number of anilines is 2. The predicted molar refractivity (Wildman–Crippen MR) is 74.0 cm³/mol. The molecular formula is C14H12F4N2O2. The molecule has 0 spiro atoms. The van der Waals surface area contributed by atoms with Gasteiger partial charge in [0.15, 0.2) is 0 Å². The van der Waals surface area contributed by atoms with Gasteiger partial charge < -0.3 is 20.9 Å². The molecular weight excluding hydrogens is 304 g/mol. The Morgan fingerprint density at radius 2 is 1.36 bits per heavy atom. The maximum atomic E-state index is 12.5. The lowest BCUT2D eigenvalue weighted by Crippen LogP contribution is -2.17. The van der Waals surface area contributed by atoms with Crippen molar-refractivity contribution in [2.24, 2.45) is 0 Å². The molecule has 0 bridgehead atoms. The molecule has 0 aromatic heterocycles. The molecule has 0 saturated carbocycles. The largest absolute Gasteiger partial charge is 0.573 e. The Bertz CT molecular complexity index is 674. The SMILES string of the molecule is Nc1ccc(-c2ccc(N)cc2OC(F)(F)F)c(OCF)c1. The van der Waals surface area contributed by atoms with Gasteiger partial charge in [-0.25, -0.2) is 4.39 Å². The zero-order valence-corrected chi connectivity index (χ0v) is 11.2. The second kappa shape index (κ2) is 6.00. The van der Waals surface area contributed by atoms with Gasteiger partial charge >= 0.3 is 6.36 Å². The predicted octanol–water partition coefficient (Wildman–Crippen LogP) is 3.72. The zero-order valence-electron chi connectivity index (χ0n) is 11.2. The van der Waals surface area contributed by atoms with Crippen LogP contribution in [0.25, 0.3) is 11.1 Å². The highest BCUT2D eigenvalue weighted by molar-refractivity contribution is 5.79. The van der Waals surface area contributed by atoms with Gasteiger partial charge in [-0.05, 0) is 24.3 Å². The summed E-state index contributed by atoms with van der Waals surface area (Å²) in [5, 5.41) is 0. The third-order valence-corrected chi connectivity index (χ3v) is 2.74. The number of rotatable bonds is 4. The Balaban J connectivity index is 2.57. The molecule has 4 N–H and O–H groups in total. The van der Waals surface area contributed by atoms with Crippen LogP contribution in [0.4, 0.5) is 28.9 Å². The fourth-order valence-corrected chi connectivity index (χ4v) is 1.91. The van der Waals surface area contributed by atoms with E-state index >= 15 is 0 Å². The first kappa shape index (κ1) is 15.7. The standard InChI is InChI=1S/C14H12F4N2O2/c15-7-21-12-5-8(19)1-3-10(12)11-4-2-9(20)6-13(11)22-14(16,17)18/h1-6H,7,19-20H2. The third kappa shape index (κ3) is 3.72. The van der Waals surface area contributed by atoms with E-state index in [0.29, 0.717) is 0 Å². The van der Waals surface area contributed by atoms with Crippen LogP contribution in [0.3, 0.4) is 0 Å². The molecule has 0 fully saturated rings. The van der Waals surface area contributed by atoms with E-state index < -0.39 is 19.0 Å². The third-order valence-electron chi connectivity index (χ3n) is 2.74. The second-order valence-electron chi connectivity index (χ2n) is 4.31. The summed E-state index contributed by atoms with van der Waals surface area (Å²) in [5.74, 6) is -0.514. The molecule has 0 unspecified atom stereocenters. The van der Waals surface area contributed by atoms with E-state index in [4.69, 9.17) is 16.2 Å². The number of ether oxygens (including phenoxy) is 2. The minimum absolute atomic E-state index is 0.000652. The summed E-state index contributed by atoms with van der Waals surface area (Å²) >= 11 is 0. The molecule has 0 atom stereocenters. The Labute approximate surface area is 123 Å². The molecule has 2 aromatic carbocycles. The topological polar surface area (TPSA) is 70.5 Å². The smallest absolute Gasteiger partial charge is 0.462 e. The average molecular weight is 316 g/mol. The highest BCUT2D eigenvalue weighted by Gasteiger charge is 2.32. The first-order chi connectivity index (χ1) is 10.3. The number of benzene rings is 2. The van der Waals surface area contributed by atoms with Crippen molar-refractivity contribution in [1.82, 2.24) is 0 Å². The lowest BCUT2D eigenvalue weighted by atomic mass is 10.0. The molecule has 0 aliphatic heterocycles. The average Bonchev–Trinajstić information content (AvgIpc) is 2.39. The van der Waals surface area contributed by atoms with Gasteiger partial charge in [0, 0.05) is 34.6 Å². The molecule has 0 aliphatic rings. The minimum Gasteiger partial charge on any atom is -0.462 e. The molecule has 2 rings (SSSR count). The van der Waals surface area contributed by atoms with Gasteiger partial charge in [0.2, 0.25) is 6.86 Å². The van der Waals surface area contributed by atoms with Crippen LogP contribution in [0.1, 0.15) is 0 Å². The quantitative estimate of drug-likeness (QED) is 0.666. The van der Waals surface area contributed by atoms with E-state index in [1.807, 2.05) is 0 Å². The number of nitrogen functional groups attached to an aromatic ring is 2. The van der Waals surface area contributed by atoms with Crippen molar-refractivity contribution in [3.8, 4) is 22.6 Å². The Morgan fingerprint density at radius 3 is 1.86 bits per heavy atom. The van der Waals surface area contributed by atoms with Gasteiger partial charge in [0.25, 0.3) is 0 Å². The van der Waals surface area contributed by atoms with Gasteiger partial charge in [-0.1, -0.05) is 0 Å². The van der Waals surface area contributed by atoms with Crippen LogP contribution in [0.2, 0.25) is 0 Å². The van der Waals surface area contributed by atoms with Gasteiger partial charge in [-0.2, -0.15) is 0 Å². The van der Waals surface area contributed by atoms with Crippen LogP contribution in [-0.4, -0.2) is 13.2 Å². The van der Waals surface area contributed by atoms with Crippen LogP contribution in [0.5, 0.6) is 11.5 Å². The highest BCUT2D eigenvalue weighted by atomic mass is 19.4. The molecule has 0 heterocycles. The Morgan fingerprint density at radius 1 is 0.864 bits per heavy atom. The molecule has 118 valence electrons. The van der Waals surface area contributed by atoms with Crippen LogP contribution < -0.4 is 20.9 Å². The normalized spacial score (nSPS) is 11.3. The number of nitrogens with two attached hydrogens (primary N) is 2. The lowest BCUT2D eigenvalue weighted by Gasteiger charge is -2.16. The van der Waals surface area contributed by atoms with E-state index in [1.54, 1.807) is 0 Å². The first-order valence-corrected chi connectivity index (χ1v) is 6.04. The number of alkyl halides is 4. The van der Waals surface area contributed by atoms with Crippen molar-refractivity contribution in [3.63, 3.8) is 0 Å². The second-order valence-corrected chi connectivity index (χ2v) is 4.31. The summed E-state index contributed by atoms with van der Waals surface area (Å²) in [6, 6.07) is 7.92. The first-order valence-electron chi connectivity index (χ1n) is 6.04. The number of hydrogen-bond donors (Lipinski definition) is 2. The number of halogens is 4. The van der Waals surface area contributed by atoms with E-state index in [9.17, 15) is 17.6 Å².